The monoisotopic (exact) mass is 296 g/mol. The van der Waals surface area contributed by atoms with Gasteiger partial charge >= 0.3 is 0 Å². The third kappa shape index (κ3) is 2.55. The summed E-state index contributed by atoms with van der Waals surface area (Å²) >= 11 is 3.23. The highest BCUT2D eigenvalue weighted by Gasteiger charge is 2.33. The SMILES string of the molecule is Cc1ccc(C(F)(F)c2ccc(Br)cc2)cc1. The van der Waals surface area contributed by atoms with E-state index in [0.717, 1.165) is 10.0 Å². The van der Waals surface area contributed by atoms with Gasteiger partial charge in [0, 0.05) is 15.6 Å². The van der Waals surface area contributed by atoms with Crippen molar-refractivity contribution in [3.8, 4) is 0 Å². The van der Waals surface area contributed by atoms with Crippen LogP contribution in [0.5, 0.6) is 0 Å². The maximum atomic E-state index is 14.1. The van der Waals surface area contributed by atoms with Crippen molar-refractivity contribution in [2.75, 3.05) is 0 Å². The summed E-state index contributed by atoms with van der Waals surface area (Å²) in [6.45, 7) is 1.88. The molecule has 0 heterocycles. The molecule has 0 atom stereocenters. The van der Waals surface area contributed by atoms with Crippen molar-refractivity contribution < 1.29 is 8.78 Å². The summed E-state index contributed by atoms with van der Waals surface area (Å²) in [6.07, 6.45) is 0. The van der Waals surface area contributed by atoms with E-state index >= 15 is 0 Å². The van der Waals surface area contributed by atoms with Crippen molar-refractivity contribution in [1.29, 1.82) is 0 Å². The average molecular weight is 297 g/mol. The number of halogens is 3. The van der Waals surface area contributed by atoms with Gasteiger partial charge in [-0.2, -0.15) is 8.78 Å². The first-order chi connectivity index (χ1) is 8.00. The molecular formula is C14H11BrF2. The van der Waals surface area contributed by atoms with Crippen LogP contribution >= 0.6 is 15.9 Å². The molecule has 0 radical (unpaired) electrons. The normalized spacial score (nSPS) is 11.5. The van der Waals surface area contributed by atoms with Crippen molar-refractivity contribution in [3.63, 3.8) is 0 Å². The van der Waals surface area contributed by atoms with Gasteiger partial charge in [-0.1, -0.05) is 57.9 Å². The Morgan fingerprint density at radius 1 is 0.824 bits per heavy atom. The van der Waals surface area contributed by atoms with E-state index in [1.807, 2.05) is 6.92 Å². The fourth-order valence-corrected chi connectivity index (χ4v) is 1.85. The van der Waals surface area contributed by atoms with Crippen molar-refractivity contribution >= 4 is 15.9 Å². The molecule has 0 amide bonds. The fraction of sp³-hybridized carbons (Fsp3) is 0.143. The molecule has 0 N–H and O–H groups in total. The Kier molecular flexibility index (Phi) is 3.29. The molecule has 0 fully saturated rings. The molecule has 2 aromatic rings. The Morgan fingerprint density at radius 3 is 1.71 bits per heavy atom. The molecule has 17 heavy (non-hydrogen) atoms. The van der Waals surface area contributed by atoms with Crippen LogP contribution in [-0.4, -0.2) is 0 Å². The lowest BCUT2D eigenvalue weighted by Gasteiger charge is -2.17. The molecule has 0 aliphatic heterocycles. The summed E-state index contributed by atoms with van der Waals surface area (Å²) < 4.78 is 29.1. The minimum atomic E-state index is -2.95. The predicted molar refractivity (Wildman–Crippen MR) is 68.3 cm³/mol. The molecule has 0 unspecified atom stereocenters. The molecule has 0 spiro atoms. The van der Waals surface area contributed by atoms with Gasteiger partial charge in [0.1, 0.15) is 0 Å². The van der Waals surface area contributed by atoms with E-state index in [1.54, 1.807) is 24.3 Å². The molecule has 0 aromatic heterocycles. The molecule has 0 saturated carbocycles. The van der Waals surface area contributed by atoms with Crippen molar-refractivity contribution in [2.24, 2.45) is 0 Å². The topological polar surface area (TPSA) is 0 Å². The predicted octanol–water partition coefficient (Wildman–Crippen LogP) is 4.90. The molecule has 3 heteroatoms. The summed E-state index contributed by atoms with van der Waals surface area (Å²) in [5.41, 5.74) is 0.996. The van der Waals surface area contributed by atoms with Crippen LogP contribution in [0.3, 0.4) is 0 Å². The third-order valence-corrected chi connectivity index (χ3v) is 3.15. The maximum absolute atomic E-state index is 14.1. The van der Waals surface area contributed by atoms with E-state index < -0.39 is 5.92 Å². The van der Waals surface area contributed by atoms with Crippen molar-refractivity contribution in [3.05, 3.63) is 69.7 Å². The summed E-state index contributed by atoms with van der Waals surface area (Å²) in [5.74, 6) is -2.95. The molecular weight excluding hydrogens is 286 g/mol. The summed E-state index contributed by atoms with van der Waals surface area (Å²) in [7, 11) is 0. The number of aryl methyl sites for hydroxylation is 1. The average Bonchev–Trinajstić information content (AvgIpc) is 2.30. The zero-order valence-electron chi connectivity index (χ0n) is 9.25. The lowest BCUT2D eigenvalue weighted by Crippen LogP contribution is -2.14. The summed E-state index contributed by atoms with van der Waals surface area (Å²) in [4.78, 5) is 0. The third-order valence-electron chi connectivity index (χ3n) is 2.62. The Morgan fingerprint density at radius 2 is 1.24 bits per heavy atom. The quantitative estimate of drug-likeness (QED) is 0.739. The first-order valence-electron chi connectivity index (χ1n) is 5.21. The molecule has 2 aromatic carbocycles. The lowest BCUT2D eigenvalue weighted by molar-refractivity contribution is 0.0428. The zero-order chi connectivity index (χ0) is 12.5. The Hall–Kier alpha value is -1.22. The highest BCUT2D eigenvalue weighted by Crippen LogP contribution is 2.35. The highest BCUT2D eigenvalue weighted by atomic mass is 79.9. The van der Waals surface area contributed by atoms with Gasteiger partial charge in [-0.15, -0.1) is 0 Å². The standard InChI is InChI=1S/C14H11BrF2/c1-10-2-4-11(5-3-10)14(16,17)12-6-8-13(15)9-7-12/h2-9H,1H3. The van der Waals surface area contributed by atoms with Gasteiger partial charge in [-0.05, 0) is 19.1 Å². The van der Waals surface area contributed by atoms with Crippen LogP contribution in [0.4, 0.5) is 8.78 Å². The number of hydrogen-bond acceptors (Lipinski definition) is 0. The molecule has 0 saturated heterocycles. The summed E-state index contributed by atoms with van der Waals surface area (Å²) in [6, 6.07) is 12.4. The van der Waals surface area contributed by atoms with Gasteiger partial charge in [0.25, 0.3) is 5.92 Å². The van der Waals surface area contributed by atoms with Crippen molar-refractivity contribution in [1.82, 2.24) is 0 Å². The first kappa shape index (κ1) is 12.2. The number of hydrogen-bond donors (Lipinski definition) is 0. The molecule has 0 aliphatic rings. The van der Waals surface area contributed by atoms with Gasteiger partial charge in [-0.3, -0.25) is 0 Å². The summed E-state index contributed by atoms with van der Waals surface area (Å²) in [5, 5.41) is 0. The molecule has 0 aliphatic carbocycles. The van der Waals surface area contributed by atoms with Crippen LogP contribution in [0.25, 0.3) is 0 Å². The van der Waals surface area contributed by atoms with E-state index in [0.29, 0.717) is 0 Å². The fourth-order valence-electron chi connectivity index (χ4n) is 1.59. The van der Waals surface area contributed by atoms with Crippen LogP contribution in [0.1, 0.15) is 16.7 Å². The molecule has 88 valence electrons. The highest BCUT2D eigenvalue weighted by molar-refractivity contribution is 9.10. The van der Waals surface area contributed by atoms with E-state index in [1.165, 1.54) is 24.3 Å². The van der Waals surface area contributed by atoms with Gasteiger partial charge in [-0.25, -0.2) is 0 Å². The van der Waals surface area contributed by atoms with Gasteiger partial charge in [0.2, 0.25) is 0 Å². The van der Waals surface area contributed by atoms with E-state index in [2.05, 4.69) is 15.9 Å². The Bertz CT molecular complexity index is 453. The van der Waals surface area contributed by atoms with Crippen LogP contribution in [0, 0.1) is 6.92 Å². The second kappa shape index (κ2) is 4.57. The molecule has 0 nitrogen and oxygen atoms in total. The van der Waals surface area contributed by atoms with E-state index in [4.69, 9.17) is 0 Å². The van der Waals surface area contributed by atoms with Crippen LogP contribution in [0.2, 0.25) is 0 Å². The second-order valence-electron chi connectivity index (χ2n) is 3.95. The van der Waals surface area contributed by atoms with Crippen LogP contribution in [0.15, 0.2) is 53.0 Å². The smallest absolute Gasteiger partial charge is 0.196 e. The molecule has 0 bridgehead atoms. The van der Waals surface area contributed by atoms with Crippen LogP contribution in [-0.2, 0) is 5.92 Å². The number of alkyl halides is 2. The number of rotatable bonds is 2. The van der Waals surface area contributed by atoms with Gasteiger partial charge in [0.05, 0.1) is 0 Å². The van der Waals surface area contributed by atoms with Crippen LogP contribution < -0.4 is 0 Å². The Balaban J connectivity index is 2.41. The van der Waals surface area contributed by atoms with Gasteiger partial charge in [0.15, 0.2) is 0 Å². The van der Waals surface area contributed by atoms with E-state index in [9.17, 15) is 8.78 Å². The Labute approximate surface area is 107 Å². The minimum absolute atomic E-state index is 0.00422. The number of benzene rings is 2. The second-order valence-corrected chi connectivity index (χ2v) is 4.86. The maximum Gasteiger partial charge on any atom is 0.298 e. The lowest BCUT2D eigenvalue weighted by atomic mass is 9.99. The van der Waals surface area contributed by atoms with E-state index in [-0.39, 0.29) is 11.1 Å². The largest absolute Gasteiger partial charge is 0.298 e. The zero-order valence-corrected chi connectivity index (χ0v) is 10.8. The minimum Gasteiger partial charge on any atom is -0.196 e. The molecule has 2 rings (SSSR count). The first-order valence-corrected chi connectivity index (χ1v) is 6.00. The van der Waals surface area contributed by atoms with Gasteiger partial charge < -0.3 is 0 Å². The van der Waals surface area contributed by atoms with Crippen molar-refractivity contribution in [2.45, 2.75) is 12.8 Å².